The van der Waals surface area contributed by atoms with Crippen molar-refractivity contribution in [1.29, 1.82) is 0 Å². The maximum Gasteiger partial charge on any atom is 0.124 e. The first-order valence-electron chi connectivity index (χ1n) is 9.82. The summed E-state index contributed by atoms with van der Waals surface area (Å²) in [5, 5.41) is 41.1. The molecule has 0 spiro atoms. The van der Waals surface area contributed by atoms with Crippen LogP contribution in [0.3, 0.4) is 0 Å². The van der Waals surface area contributed by atoms with Gasteiger partial charge in [0, 0.05) is 28.2 Å². The number of aromatic hydroxyl groups is 2. The van der Waals surface area contributed by atoms with Crippen LogP contribution in [-0.4, -0.2) is 20.4 Å². The van der Waals surface area contributed by atoms with E-state index in [0.29, 0.717) is 17.0 Å². The van der Waals surface area contributed by atoms with Crippen LogP contribution in [0.2, 0.25) is 0 Å². The summed E-state index contributed by atoms with van der Waals surface area (Å²) in [4.78, 5) is 0. The van der Waals surface area contributed by atoms with Gasteiger partial charge in [0.1, 0.15) is 11.5 Å². The van der Waals surface area contributed by atoms with Crippen LogP contribution in [0.4, 0.5) is 0 Å². The Morgan fingerprint density at radius 3 is 1.63 bits per heavy atom. The van der Waals surface area contributed by atoms with Gasteiger partial charge in [-0.05, 0) is 32.6 Å². The van der Waals surface area contributed by atoms with Gasteiger partial charge in [0.05, 0.1) is 13.2 Å². The lowest BCUT2D eigenvalue weighted by molar-refractivity contribution is 0.271. The largest absolute Gasteiger partial charge is 0.507 e. The summed E-state index contributed by atoms with van der Waals surface area (Å²) >= 11 is 0. The van der Waals surface area contributed by atoms with Crippen molar-refractivity contribution in [2.75, 3.05) is 0 Å². The Labute approximate surface area is 161 Å². The standard InChI is InChI=1S/C23H30O4/c1-14-8-17(12-24)22(26)19(10-14)21(16-6-4-3-5-7-16)20-11-15(2)9-18(13-25)23(20)27/h8-11,16,21,24-27H,3-7,12-13H2,1-2H3. The highest BCUT2D eigenvalue weighted by Crippen LogP contribution is 2.47. The van der Waals surface area contributed by atoms with Crippen molar-refractivity contribution < 1.29 is 20.4 Å². The highest BCUT2D eigenvalue weighted by atomic mass is 16.3. The maximum absolute atomic E-state index is 10.9. The molecule has 0 atom stereocenters. The van der Waals surface area contributed by atoms with E-state index in [9.17, 15) is 20.4 Å². The summed E-state index contributed by atoms with van der Waals surface area (Å²) in [6, 6.07) is 7.53. The minimum absolute atomic E-state index is 0.116. The second-order valence-electron chi connectivity index (χ2n) is 7.92. The van der Waals surface area contributed by atoms with Crippen molar-refractivity contribution in [2.24, 2.45) is 5.92 Å². The van der Waals surface area contributed by atoms with Crippen LogP contribution in [0, 0.1) is 19.8 Å². The molecule has 3 rings (SSSR count). The molecular weight excluding hydrogens is 340 g/mol. The second-order valence-corrected chi connectivity index (χ2v) is 7.92. The van der Waals surface area contributed by atoms with Crippen molar-refractivity contribution in [3.63, 3.8) is 0 Å². The highest BCUT2D eigenvalue weighted by Gasteiger charge is 2.32. The molecular formula is C23H30O4. The molecule has 0 aromatic heterocycles. The van der Waals surface area contributed by atoms with E-state index in [1.807, 2.05) is 26.0 Å². The SMILES string of the molecule is Cc1cc(CO)c(O)c(C(c2cc(C)cc(CO)c2O)C2CCCCC2)c1. The van der Waals surface area contributed by atoms with Crippen LogP contribution >= 0.6 is 0 Å². The number of benzene rings is 2. The zero-order chi connectivity index (χ0) is 19.6. The monoisotopic (exact) mass is 370 g/mol. The zero-order valence-electron chi connectivity index (χ0n) is 16.2. The molecule has 1 fully saturated rings. The van der Waals surface area contributed by atoms with E-state index in [0.717, 1.165) is 47.9 Å². The first-order valence-corrected chi connectivity index (χ1v) is 9.82. The van der Waals surface area contributed by atoms with E-state index in [-0.39, 0.29) is 30.6 Å². The summed E-state index contributed by atoms with van der Waals surface area (Å²) in [7, 11) is 0. The molecule has 4 heteroatoms. The molecule has 2 aromatic carbocycles. The Bertz CT molecular complexity index is 747. The van der Waals surface area contributed by atoms with Gasteiger partial charge in [0.2, 0.25) is 0 Å². The Kier molecular flexibility index (Phi) is 6.08. The number of phenols is 2. The molecule has 0 unspecified atom stereocenters. The number of aliphatic hydroxyl groups is 2. The van der Waals surface area contributed by atoms with Crippen molar-refractivity contribution in [3.8, 4) is 11.5 Å². The normalized spacial score (nSPS) is 15.4. The Balaban J connectivity index is 2.22. The molecule has 2 aromatic rings. The smallest absolute Gasteiger partial charge is 0.124 e. The molecule has 1 aliphatic carbocycles. The van der Waals surface area contributed by atoms with Crippen LogP contribution in [0.15, 0.2) is 24.3 Å². The average Bonchev–Trinajstić information content (AvgIpc) is 2.67. The molecule has 0 heterocycles. The topological polar surface area (TPSA) is 80.9 Å². The van der Waals surface area contributed by atoms with E-state index in [1.54, 1.807) is 12.1 Å². The first kappa shape index (κ1) is 19.7. The van der Waals surface area contributed by atoms with Crippen LogP contribution in [0.25, 0.3) is 0 Å². The molecule has 27 heavy (non-hydrogen) atoms. The molecule has 1 saturated carbocycles. The molecule has 0 aliphatic heterocycles. The van der Waals surface area contributed by atoms with Crippen LogP contribution in [-0.2, 0) is 13.2 Å². The predicted molar refractivity (Wildman–Crippen MR) is 106 cm³/mol. The number of rotatable bonds is 5. The van der Waals surface area contributed by atoms with Crippen LogP contribution in [0.5, 0.6) is 11.5 Å². The van der Waals surface area contributed by atoms with Gasteiger partial charge in [-0.15, -0.1) is 0 Å². The van der Waals surface area contributed by atoms with Crippen molar-refractivity contribution >= 4 is 0 Å². The van der Waals surface area contributed by atoms with Crippen molar-refractivity contribution in [1.82, 2.24) is 0 Å². The fraction of sp³-hybridized carbons (Fsp3) is 0.478. The van der Waals surface area contributed by atoms with Crippen molar-refractivity contribution in [3.05, 3.63) is 57.6 Å². The molecule has 4 N–H and O–H groups in total. The summed E-state index contributed by atoms with van der Waals surface area (Å²) in [6.45, 7) is 3.46. The lowest BCUT2D eigenvalue weighted by Crippen LogP contribution is -2.19. The van der Waals surface area contributed by atoms with Crippen LogP contribution < -0.4 is 0 Å². The molecule has 0 radical (unpaired) electrons. The van der Waals surface area contributed by atoms with Crippen molar-refractivity contribution in [2.45, 2.75) is 65.1 Å². The van der Waals surface area contributed by atoms with Gasteiger partial charge in [-0.3, -0.25) is 0 Å². The summed E-state index contributed by atoms with van der Waals surface area (Å²) in [5.74, 6) is 0.369. The van der Waals surface area contributed by atoms with Gasteiger partial charge in [-0.25, -0.2) is 0 Å². The van der Waals surface area contributed by atoms with E-state index in [2.05, 4.69) is 0 Å². The highest BCUT2D eigenvalue weighted by molar-refractivity contribution is 5.54. The van der Waals surface area contributed by atoms with Gasteiger partial charge in [0.15, 0.2) is 0 Å². The molecule has 1 aliphatic rings. The third-order valence-electron chi connectivity index (χ3n) is 5.86. The number of hydrogen-bond acceptors (Lipinski definition) is 4. The van der Waals surface area contributed by atoms with Gasteiger partial charge in [-0.2, -0.15) is 0 Å². The van der Waals surface area contributed by atoms with Crippen LogP contribution in [0.1, 0.15) is 71.4 Å². The van der Waals surface area contributed by atoms with E-state index < -0.39 is 0 Å². The predicted octanol–water partition coefficient (Wildman–Crippen LogP) is 4.41. The molecule has 4 nitrogen and oxygen atoms in total. The number of hydrogen-bond donors (Lipinski definition) is 4. The fourth-order valence-electron chi connectivity index (χ4n) is 4.63. The zero-order valence-corrected chi connectivity index (χ0v) is 16.2. The Hall–Kier alpha value is -2.04. The Morgan fingerprint density at radius 1 is 0.778 bits per heavy atom. The Morgan fingerprint density at radius 2 is 1.22 bits per heavy atom. The van der Waals surface area contributed by atoms with Gasteiger partial charge in [-0.1, -0.05) is 54.7 Å². The lowest BCUT2D eigenvalue weighted by Gasteiger charge is -2.33. The first-order chi connectivity index (χ1) is 13.0. The fourth-order valence-corrected chi connectivity index (χ4v) is 4.63. The minimum atomic E-state index is -0.223. The van der Waals surface area contributed by atoms with E-state index in [1.165, 1.54) is 6.42 Å². The minimum Gasteiger partial charge on any atom is -0.507 e. The average molecular weight is 370 g/mol. The second kappa shape index (κ2) is 8.32. The van der Waals surface area contributed by atoms with Gasteiger partial charge < -0.3 is 20.4 Å². The molecule has 146 valence electrons. The van der Waals surface area contributed by atoms with Gasteiger partial charge in [0.25, 0.3) is 0 Å². The quantitative estimate of drug-likeness (QED) is 0.628. The summed E-state index contributed by atoms with van der Waals surface area (Å²) in [5.41, 5.74) is 4.50. The van der Waals surface area contributed by atoms with E-state index in [4.69, 9.17) is 0 Å². The molecule has 0 bridgehead atoms. The summed E-state index contributed by atoms with van der Waals surface area (Å²) in [6.07, 6.45) is 5.56. The molecule has 0 saturated heterocycles. The number of aryl methyl sites for hydroxylation is 2. The van der Waals surface area contributed by atoms with Gasteiger partial charge >= 0.3 is 0 Å². The third-order valence-corrected chi connectivity index (χ3v) is 5.86. The lowest BCUT2D eigenvalue weighted by atomic mass is 9.72. The maximum atomic E-state index is 10.9. The van der Waals surface area contributed by atoms with E-state index >= 15 is 0 Å². The molecule has 0 amide bonds. The summed E-state index contributed by atoms with van der Waals surface area (Å²) < 4.78 is 0. The number of aliphatic hydroxyl groups excluding tert-OH is 2. The third kappa shape index (κ3) is 3.97.